The summed E-state index contributed by atoms with van der Waals surface area (Å²) < 4.78 is 26.0. The molecule has 0 heterocycles. The summed E-state index contributed by atoms with van der Waals surface area (Å²) >= 11 is 5.80. The number of sulfonamides is 1. The first-order valence-corrected chi connectivity index (χ1v) is 7.41. The predicted molar refractivity (Wildman–Crippen MR) is 72.0 cm³/mol. The van der Waals surface area contributed by atoms with E-state index >= 15 is 0 Å². The van der Waals surface area contributed by atoms with Gasteiger partial charge in [0.05, 0.1) is 5.69 Å². The van der Waals surface area contributed by atoms with Crippen molar-refractivity contribution in [3.8, 4) is 0 Å². The predicted octanol–water partition coefficient (Wildman–Crippen LogP) is 1.32. The number of nitrogen functional groups attached to an aromatic ring is 1. The molecule has 0 aliphatic rings. The Balaban J connectivity index is 3.14. The lowest BCUT2D eigenvalue weighted by Crippen LogP contribution is -2.32. The zero-order chi connectivity index (χ0) is 13.8. The second-order valence-electron chi connectivity index (χ2n) is 3.76. The van der Waals surface area contributed by atoms with E-state index in [9.17, 15) is 8.42 Å². The van der Waals surface area contributed by atoms with Gasteiger partial charge in [0.15, 0.2) is 0 Å². The van der Waals surface area contributed by atoms with Gasteiger partial charge >= 0.3 is 0 Å². The summed E-state index contributed by atoms with van der Waals surface area (Å²) in [5.41, 5.74) is 5.85. The molecule has 1 rings (SSSR count). The Morgan fingerprint density at radius 3 is 2.67 bits per heavy atom. The minimum absolute atomic E-state index is 0.00906. The number of aliphatic hydroxyl groups is 1. The highest BCUT2D eigenvalue weighted by Gasteiger charge is 2.25. The maximum absolute atomic E-state index is 12.3. The molecule has 0 unspecified atom stereocenters. The van der Waals surface area contributed by atoms with Crippen molar-refractivity contribution in [3.63, 3.8) is 0 Å². The second-order valence-corrected chi connectivity index (χ2v) is 6.10. The topological polar surface area (TPSA) is 83.6 Å². The first-order chi connectivity index (χ1) is 8.43. The van der Waals surface area contributed by atoms with Crippen LogP contribution in [0, 0.1) is 0 Å². The number of nitrogens with zero attached hydrogens (tertiary/aromatic N) is 1. The highest BCUT2D eigenvalue weighted by Crippen LogP contribution is 2.25. The highest BCUT2D eigenvalue weighted by atomic mass is 35.5. The molecule has 18 heavy (non-hydrogen) atoms. The lowest BCUT2D eigenvalue weighted by molar-refractivity contribution is 0.271. The molecule has 7 heteroatoms. The van der Waals surface area contributed by atoms with E-state index in [2.05, 4.69) is 0 Å². The van der Waals surface area contributed by atoms with Crippen LogP contribution in [0.25, 0.3) is 0 Å². The minimum atomic E-state index is -3.66. The van der Waals surface area contributed by atoms with Gasteiger partial charge in [0.2, 0.25) is 10.0 Å². The molecule has 0 saturated heterocycles. The lowest BCUT2D eigenvalue weighted by atomic mass is 10.3. The average Bonchev–Trinajstić information content (AvgIpc) is 2.33. The monoisotopic (exact) mass is 292 g/mol. The van der Waals surface area contributed by atoms with Crippen molar-refractivity contribution in [2.45, 2.75) is 18.2 Å². The van der Waals surface area contributed by atoms with E-state index in [1.807, 2.05) is 0 Å². The van der Waals surface area contributed by atoms with E-state index in [1.165, 1.54) is 16.4 Å². The third-order valence-electron chi connectivity index (χ3n) is 2.51. The molecule has 1 aromatic rings. The molecule has 5 nitrogen and oxygen atoms in total. The standard InChI is InChI=1S/C11H17ClN2O3S/c1-2-14(6-3-7-15)18(16,17)11-8-9(12)4-5-10(11)13/h4-5,8,15H,2-3,6-7,13H2,1H3. The van der Waals surface area contributed by atoms with Crippen LogP contribution < -0.4 is 5.73 Å². The summed E-state index contributed by atoms with van der Waals surface area (Å²) in [5, 5.41) is 9.10. The molecular formula is C11H17ClN2O3S. The van der Waals surface area contributed by atoms with E-state index in [0.29, 0.717) is 18.0 Å². The van der Waals surface area contributed by atoms with Crippen LogP contribution in [0.4, 0.5) is 5.69 Å². The lowest BCUT2D eigenvalue weighted by Gasteiger charge is -2.21. The average molecular weight is 293 g/mol. The molecule has 0 atom stereocenters. The van der Waals surface area contributed by atoms with Gasteiger partial charge in [-0.2, -0.15) is 4.31 Å². The van der Waals surface area contributed by atoms with Crippen LogP contribution in [0.1, 0.15) is 13.3 Å². The van der Waals surface area contributed by atoms with Crippen LogP contribution in [-0.2, 0) is 10.0 Å². The van der Waals surface area contributed by atoms with Crippen LogP contribution in [0.2, 0.25) is 5.02 Å². The second kappa shape index (κ2) is 6.38. The van der Waals surface area contributed by atoms with Crippen molar-refractivity contribution in [3.05, 3.63) is 23.2 Å². The van der Waals surface area contributed by atoms with Gasteiger partial charge in [-0.25, -0.2) is 8.42 Å². The van der Waals surface area contributed by atoms with Gasteiger partial charge in [0, 0.05) is 24.7 Å². The molecule has 0 saturated carbocycles. The quantitative estimate of drug-likeness (QED) is 0.775. The van der Waals surface area contributed by atoms with Gasteiger partial charge in [-0.05, 0) is 24.6 Å². The SMILES string of the molecule is CCN(CCCO)S(=O)(=O)c1cc(Cl)ccc1N. The first kappa shape index (κ1) is 15.2. The summed E-state index contributed by atoms with van der Waals surface area (Å²) in [7, 11) is -3.66. The number of hydrogen-bond acceptors (Lipinski definition) is 4. The first-order valence-electron chi connectivity index (χ1n) is 5.59. The fourth-order valence-corrected chi connectivity index (χ4v) is 3.43. The maximum atomic E-state index is 12.3. The van der Waals surface area contributed by atoms with Gasteiger partial charge in [-0.15, -0.1) is 0 Å². The Morgan fingerprint density at radius 2 is 2.11 bits per heavy atom. The van der Waals surface area contributed by atoms with Gasteiger partial charge in [-0.3, -0.25) is 0 Å². The zero-order valence-electron chi connectivity index (χ0n) is 10.1. The van der Waals surface area contributed by atoms with E-state index in [-0.39, 0.29) is 23.7 Å². The Kier molecular flexibility index (Phi) is 5.40. The van der Waals surface area contributed by atoms with Crippen LogP contribution in [-0.4, -0.2) is 37.5 Å². The molecular weight excluding hydrogens is 276 g/mol. The van der Waals surface area contributed by atoms with Gasteiger partial charge < -0.3 is 10.8 Å². The fraction of sp³-hybridized carbons (Fsp3) is 0.455. The smallest absolute Gasteiger partial charge is 0.245 e. The van der Waals surface area contributed by atoms with Crippen molar-refractivity contribution >= 4 is 27.3 Å². The summed E-state index contributed by atoms with van der Waals surface area (Å²) in [6.45, 7) is 2.24. The van der Waals surface area contributed by atoms with Crippen molar-refractivity contribution in [2.24, 2.45) is 0 Å². The number of rotatable bonds is 6. The Labute approximate surface area is 112 Å². The molecule has 0 amide bonds. The summed E-state index contributed by atoms with van der Waals surface area (Å²) in [5.74, 6) is 0. The Hall–Kier alpha value is -0.820. The van der Waals surface area contributed by atoms with Crippen LogP contribution >= 0.6 is 11.6 Å². The van der Waals surface area contributed by atoms with Crippen LogP contribution in [0.15, 0.2) is 23.1 Å². The molecule has 1 aromatic carbocycles. The van der Waals surface area contributed by atoms with Crippen molar-refractivity contribution in [1.29, 1.82) is 0 Å². The van der Waals surface area contributed by atoms with Crippen molar-refractivity contribution in [1.82, 2.24) is 4.31 Å². The van der Waals surface area contributed by atoms with Crippen LogP contribution in [0.5, 0.6) is 0 Å². The van der Waals surface area contributed by atoms with Crippen molar-refractivity contribution in [2.75, 3.05) is 25.4 Å². The Morgan fingerprint density at radius 1 is 1.44 bits per heavy atom. The third kappa shape index (κ3) is 3.35. The number of hydrogen-bond donors (Lipinski definition) is 2. The molecule has 0 aromatic heterocycles. The number of benzene rings is 1. The largest absolute Gasteiger partial charge is 0.398 e. The van der Waals surface area contributed by atoms with E-state index in [4.69, 9.17) is 22.4 Å². The number of anilines is 1. The van der Waals surface area contributed by atoms with E-state index in [1.54, 1.807) is 13.0 Å². The third-order valence-corrected chi connectivity index (χ3v) is 4.78. The van der Waals surface area contributed by atoms with E-state index in [0.717, 1.165) is 0 Å². The molecule has 0 bridgehead atoms. The Bertz CT molecular complexity index is 505. The molecule has 102 valence electrons. The molecule has 0 radical (unpaired) electrons. The van der Waals surface area contributed by atoms with Crippen molar-refractivity contribution < 1.29 is 13.5 Å². The minimum Gasteiger partial charge on any atom is -0.398 e. The molecule has 0 aliphatic carbocycles. The number of halogens is 1. The van der Waals surface area contributed by atoms with Gasteiger partial charge in [0.1, 0.15) is 4.90 Å². The number of aliphatic hydroxyl groups excluding tert-OH is 1. The van der Waals surface area contributed by atoms with Gasteiger partial charge in [0.25, 0.3) is 0 Å². The molecule has 0 fully saturated rings. The van der Waals surface area contributed by atoms with Gasteiger partial charge in [-0.1, -0.05) is 18.5 Å². The zero-order valence-corrected chi connectivity index (χ0v) is 11.7. The maximum Gasteiger partial charge on any atom is 0.245 e. The summed E-state index contributed by atoms with van der Waals surface area (Å²) in [4.78, 5) is 0.00906. The van der Waals surface area contributed by atoms with E-state index < -0.39 is 10.0 Å². The highest BCUT2D eigenvalue weighted by molar-refractivity contribution is 7.89. The molecule has 0 spiro atoms. The summed E-state index contributed by atoms with van der Waals surface area (Å²) in [6, 6.07) is 4.35. The van der Waals surface area contributed by atoms with Crippen LogP contribution in [0.3, 0.4) is 0 Å². The normalized spacial score (nSPS) is 12.0. The summed E-state index contributed by atoms with van der Waals surface area (Å²) in [6.07, 6.45) is 0.382. The molecule has 0 aliphatic heterocycles. The number of nitrogens with two attached hydrogens (primary N) is 1. The fourth-order valence-electron chi connectivity index (χ4n) is 1.57. The molecule has 3 N–H and O–H groups in total.